The van der Waals surface area contributed by atoms with Gasteiger partial charge < -0.3 is 10.6 Å². The third kappa shape index (κ3) is 4.10. The third-order valence-corrected chi connectivity index (χ3v) is 4.42. The van der Waals surface area contributed by atoms with Crippen molar-refractivity contribution in [1.29, 1.82) is 0 Å². The molecule has 4 nitrogen and oxygen atoms in total. The fourth-order valence-electron chi connectivity index (χ4n) is 2.56. The van der Waals surface area contributed by atoms with Crippen LogP contribution >= 0.6 is 0 Å². The first-order valence-corrected chi connectivity index (χ1v) is 8.61. The van der Waals surface area contributed by atoms with Gasteiger partial charge in [-0.2, -0.15) is 0 Å². The van der Waals surface area contributed by atoms with Crippen LogP contribution in [0.3, 0.4) is 0 Å². The Morgan fingerprint density at radius 1 is 0.962 bits per heavy atom. The molecular formula is C21H25FN2O2. The second-order valence-electron chi connectivity index (χ2n) is 7.21. The van der Waals surface area contributed by atoms with Gasteiger partial charge in [0.1, 0.15) is 11.2 Å². The first kappa shape index (κ1) is 19.6. The number of aryl methyl sites for hydroxylation is 1. The maximum Gasteiger partial charge on any atom is 0.239 e. The van der Waals surface area contributed by atoms with Crippen molar-refractivity contribution in [3.8, 4) is 0 Å². The van der Waals surface area contributed by atoms with Gasteiger partial charge >= 0.3 is 0 Å². The minimum absolute atomic E-state index is 0.0529. The van der Waals surface area contributed by atoms with Crippen LogP contribution in [0.15, 0.2) is 42.5 Å². The Morgan fingerprint density at radius 3 is 2.19 bits per heavy atom. The molecule has 5 heteroatoms. The van der Waals surface area contributed by atoms with E-state index in [0.717, 1.165) is 16.8 Å². The lowest BCUT2D eigenvalue weighted by atomic mass is 9.90. The van der Waals surface area contributed by atoms with E-state index < -0.39 is 23.0 Å². The highest BCUT2D eigenvalue weighted by Crippen LogP contribution is 2.30. The number of nitrogens with one attached hydrogen (secondary N) is 2. The van der Waals surface area contributed by atoms with E-state index in [1.807, 2.05) is 39.0 Å². The molecule has 26 heavy (non-hydrogen) atoms. The highest BCUT2D eigenvalue weighted by molar-refractivity contribution is 6.14. The van der Waals surface area contributed by atoms with Crippen LogP contribution in [0.4, 0.5) is 15.8 Å². The van der Waals surface area contributed by atoms with Crippen molar-refractivity contribution in [1.82, 2.24) is 0 Å². The molecule has 0 atom stereocenters. The van der Waals surface area contributed by atoms with E-state index in [9.17, 15) is 14.0 Å². The van der Waals surface area contributed by atoms with Gasteiger partial charge in [0.15, 0.2) is 0 Å². The predicted octanol–water partition coefficient (Wildman–Crippen LogP) is 4.86. The minimum Gasteiger partial charge on any atom is -0.325 e. The number of carbonyl (C=O) groups is 2. The van der Waals surface area contributed by atoms with E-state index in [4.69, 9.17) is 0 Å². The zero-order valence-corrected chi connectivity index (χ0v) is 15.8. The average molecular weight is 356 g/mol. The van der Waals surface area contributed by atoms with Crippen molar-refractivity contribution in [2.75, 3.05) is 10.6 Å². The SMILES string of the molecule is Cc1cccc(C(C)C)c1NC(=O)C(C)(C)C(=O)Nc1ccccc1F. The number of anilines is 2. The fourth-order valence-corrected chi connectivity index (χ4v) is 2.56. The predicted molar refractivity (Wildman–Crippen MR) is 103 cm³/mol. The van der Waals surface area contributed by atoms with Crippen molar-refractivity contribution in [3.63, 3.8) is 0 Å². The summed E-state index contributed by atoms with van der Waals surface area (Å²) in [6.45, 7) is 9.03. The molecule has 2 amide bonds. The van der Waals surface area contributed by atoms with Gasteiger partial charge in [-0.05, 0) is 49.9 Å². The number of rotatable bonds is 5. The van der Waals surface area contributed by atoms with E-state index in [-0.39, 0.29) is 11.6 Å². The molecule has 0 fully saturated rings. The van der Waals surface area contributed by atoms with Crippen LogP contribution in [0.25, 0.3) is 0 Å². The minimum atomic E-state index is -1.38. The van der Waals surface area contributed by atoms with E-state index >= 15 is 0 Å². The quantitative estimate of drug-likeness (QED) is 0.752. The summed E-state index contributed by atoms with van der Waals surface area (Å²) in [5.41, 5.74) is 1.33. The van der Waals surface area contributed by atoms with Crippen LogP contribution in [-0.2, 0) is 9.59 Å². The molecule has 0 aliphatic rings. The van der Waals surface area contributed by atoms with E-state index in [1.54, 1.807) is 6.07 Å². The molecule has 0 saturated heterocycles. The van der Waals surface area contributed by atoms with Crippen molar-refractivity contribution in [2.24, 2.45) is 5.41 Å². The van der Waals surface area contributed by atoms with E-state index in [1.165, 1.54) is 32.0 Å². The summed E-state index contributed by atoms with van der Waals surface area (Å²) < 4.78 is 13.8. The van der Waals surface area contributed by atoms with Crippen LogP contribution in [-0.4, -0.2) is 11.8 Å². The Kier molecular flexibility index (Phi) is 5.80. The summed E-state index contributed by atoms with van der Waals surface area (Å²) in [6, 6.07) is 11.7. The Hall–Kier alpha value is -2.69. The summed E-state index contributed by atoms with van der Waals surface area (Å²) in [7, 11) is 0. The topological polar surface area (TPSA) is 58.2 Å². The smallest absolute Gasteiger partial charge is 0.239 e. The number of para-hydroxylation sites is 2. The van der Waals surface area contributed by atoms with E-state index in [0.29, 0.717) is 0 Å². The maximum absolute atomic E-state index is 13.8. The van der Waals surface area contributed by atoms with Crippen molar-refractivity contribution in [3.05, 3.63) is 59.4 Å². The van der Waals surface area contributed by atoms with Crippen LogP contribution in [0.2, 0.25) is 0 Å². The number of hydrogen-bond donors (Lipinski definition) is 2. The molecule has 0 aliphatic heterocycles. The Morgan fingerprint density at radius 2 is 1.58 bits per heavy atom. The van der Waals surface area contributed by atoms with Gasteiger partial charge in [-0.15, -0.1) is 0 Å². The van der Waals surface area contributed by atoms with Crippen LogP contribution in [0.5, 0.6) is 0 Å². The van der Waals surface area contributed by atoms with Gasteiger partial charge in [-0.1, -0.05) is 44.2 Å². The standard InChI is InChI=1S/C21H25FN2O2/c1-13(2)15-10-8-9-14(3)18(15)24-20(26)21(4,5)19(25)23-17-12-7-6-11-16(17)22/h6-13H,1-5H3,(H,23,25)(H,24,26). The second kappa shape index (κ2) is 7.68. The fraction of sp³-hybridized carbons (Fsp3) is 0.333. The van der Waals surface area contributed by atoms with Gasteiger partial charge in [-0.3, -0.25) is 9.59 Å². The largest absolute Gasteiger partial charge is 0.325 e. The number of amides is 2. The van der Waals surface area contributed by atoms with E-state index in [2.05, 4.69) is 10.6 Å². The number of hydrogen-bond acceptors (Lipinski definition) is 2. The summed E-state index contributed by atoms with van der Waals surface area (Å²) in [5, 5.41) is 5.38. The van der Waals surface area contributed by atoms with Crippen molar-refractivity contribution < 1.29 is 14.0 Å². The molecule has 0 bridgehead atoms. The molecule has 2 N–H and O–H groups in total. The number of benzene rings is 2. The summed E-state index contributed by atoms with van der Waals surface area (Å²) in [4.78, 5) is 25.4. The molecule has 2 aromatic carbocycles. The molecule has 0 saturated carbocycles. The highest BCUT2D eigenvalue weighted by atomic mass is 19.1. The molecule has 2 aromatic rings. The Bertz CT molecular complexity index is 829. The molecule has 0 heterocycles. The monoisotopic (exact) mass is 356 g/mol. The van der Waals surface area contributed by atoms with Crippen LogP contribution in [0, 0.1) is 18.2 Å². The maximum atomic E-state index is 13.8. The molecular weight excluding hydrogens is 331 g/mol. The van der Waals surface area contributed by atoms with Crippen molar-refractivity contribution >= 4 is 23.2 Å². The van der Waals surface area contributed by atoms with Crippen LogP contribution in [0.1, 0.15) is 44.7 Å². The van der Waals surface area contributed by atoms with Gasteiger partial charge in [0, 0.05) is 5.69 Å². The van der Waals surface area contributed by atoms with Crippen molar-refractivity contribution in [2.45, 2.75) is 40.5 Å². The van der Waals surface area contributed by atoms with Gasteiger partial charge in [0.25, 0.3) is 0 Å². The Labute approximate surface area is 153 Å². The summed E-state index contributed by atoms with van der Waals surface area (Å²) in [5.74, 6) is -1.33. The number of halogens is 1. The van der Waals surface area contributed by atoms with Gasteiger partial charge in [0.05, 0.1) is 5.69 Å². The molecule has 2 rings (SSSR count). The highest BCUT2D eigenvalue weighted by Gasteiger charge is 2.37. The summed E-state index contributed by atoms with van der Waals surface area (Å²) >= 11 is 0. The number of carbonyl (C=O) groups excluding carboxylic acids is 2. The molecule has 0 aliphatic carbocycles. The molecule has 138 valence electrons. The summed E-state index contributed by atoms with van der Waals surface area (Å²) in [6.07, 6.45) is 0. The normalized spacial score (nSPS) is 11.3. The lowest BCUT2D eigenvalue weighted by molar-refractivity contribution is -0.135. The molecule has 0 aromatic heterocycles. The molecule has 0 spiro atoms. The lowest BCUT2D eigenvalue weighted by Crippen LogP contribution is -2.42. The van der Waals surface area contributed by atoms with Gasteiger partial charge in [0.2, 0.25) is 11.8 Å². The molecule has 0 radical (unpaired) electrons. The molecule has 0 unspecified atom stereocenters. The zero-order valence-electron chi connectivity index (χ0n) is 15.8. The third-order valence-electron chi connectivity index (χ3n) is 4.42. The van der Waals surface area contributed by atoms with Crippen LogP contribution < -0.4 is 10.6 Å². The lowest BCUT2D eigenvalue weighted by Gasteiger charge is -2.25. The van der Waals surface area contributed by atoms with Gasteiger partial charge in [-0.25, -0.2) is 4.39 Å². The first-order valence-electron chi connectivity index (χ1n) is 8.61. The first-order chi connectivity index (χ1) is 12.1. The Balaban J connectivity index is 2.23. The second-order valence-corrected chi connectivity index (χ2v) is 7.21. The average Bonchev–Trinajstić information content (AvgIpc) is 2.58. The zero-order chi connectivity index (χ0) is 19.5.